The van der Waals surface area contributed by atoms with E-state index in [9.17, 15) is 19.4 Å². The van der Waals surface area contributed by atoms with Crippen LogP contribution in [0.4, 0.5) is 4.39 Å². The Bertz CT molecular complexity index is 1780. The molecule has 8 rings (SSSR count). The molecule has 8 nitrogen and oxygen atoms in total. The molecule has 1 amide bonds. The van der Waals surface area contributed by atoms with E-state index in [1.54, 1.807) is 12.1 Å². The highest BCUT2D eigenvalue weighted by Crippen LogP contribution is 2.65. The standard InChI is InChI=1S/C36H39FN4O4/c1-35-16-20-18-39-41(23-10-8-22(37)9-11-23)27(20)15-21(35)7-12-24-25-13-14-28(42)33(36(25,2)17-29(43)32(24)35)34(44)38-19-31-40-26-5-3-4-6-30(26)45-31/h3-6,8-11,15,18,24-25,28-29,32-33,42-43H,7,12-14,16-17,19H2,1-2H3,(H,38,44). The van der Waals surface area contributed by atoms with E-state index in [0.717, 1.165) is 48.1 Å². The summed E-state index contributed by atoms with van der Waals surface area (Å²) >= 11 is 0. The van der Waals surface area contributed by atoms with Crippen molar-refractivity contribution in [2.75, 3.05) is 0 Å². The number of nitrogens with one attached hydrogen (secondary N) is 1. The van der Waals surface area contributed by atoms with Crippen LogP contribution in [0.5, 0.6) is 0 Å². The van der Waals surface area contributed by atoms with Gasteiger partial charge in [0.25, 0.3) is 0 Å². The quantitative estimate of drug-likeness (QED) is 0.277. The SMILES string of the molecule is CC12Cc3cnn(-c4ccc(F)cc4)c3C=C1CCC1C2C(O)CC2(C)C1CCC(O)C2C(=O)NCc1nc2ccccc2o1. The maximum Gasteiger partial charge on any atom is 0.226 e. The van der Waals surface area contributed by atoms with Gasteiger partial charge in [0.1, 0.15) is 11.3 Å². The number of benzene rings is 2. The number of aromatic nitrogens is 3. The first-order valence-electron chi connectivity index (χ1n) is 16.2. The molecule has 0 spiro atoms. The smallest absolute Gasteiger partial charge is 0.226 e. The van der Waals surface area contributed by atoms with Crippen LogP contribution in [0.1, 0.15) is 63.1 Å². The van der Waals surface area contributed by atoms with E-state index in [2.05, 4.69) is 35.3 Å². The molecule has 2 heterocycles. The van der Waals surface area contributed by atoms with Crippen molar-refractivity contribution in [2.45, 2.75) is 71.1 Å². The molecule has 8 atom stereocenters. The minimum atomic E-state index is -0.775. The molecule has 0 aliphatic heterocycles. The highest BCUT2D eigenvalue weighted by Gasteiger charge is 2.63. The van der Waals surface area contributed by atoms with Crippen molar-refractivity contribution in [3.63, 3.8) is 0 Å². The number of rotatable bonds is 4. The van der Waals surface area contributed by atoms with Crippen LogP contribution >= 0.6 is 0 Å². The topological polar surface area (TPSA) is 113 Å². The number of carbonyl (C=O) groups is 1. The Morgan fingerprint density at radius 3 is 2.69 bits per heavy atom. The molecular weight excluding hydrogens is 571 g/mol. The van der Waals surface area contributed by atoms with E-state index in [4.69, 9.17) is 4.42 Å². The average molecular weight is 611 g/mol. The predicted octanol–water partition coefficient (Wildman–Crippen LogP) is 5.60. The number of hydrogen-bond acceptors (Lipinski definition) is 6. The van der Waals surface area contributed by atoms with Gasteiger partial charge < -0.3 is 19.9 Å². The number of amides is 1. The lowest BCUT2D eigenvalue weighted by molar-refractivity contribution is -0.185. The first-order chi connectivity index (χ1) is 21.7. The zero-order valence-corrected chi connectivity index (χ0v) is 25.6. The maximum absolute atomic E-state index is 13.8. The molecule has 0 radical (unpaired) electrons. The van der Waals surface area contributed by atoms with Crippen molar-refractivity contribution in [3.05, 3.63) is 83.3 Å². The molecule has 45 heavy (non-hydrogen) atoms. The fraction of sp³-hybridized carbons (Fsp3) is 0.472. The third kappa shape index (κ3) is 4.41. The molecule has 2 aromatic carbocycles. The fourth-order valence-electron chi connectivity index (χ4n) is 9.95. The lowest BCUT2D eigenvalue weighted by Crippen LogP contribution is -2.63. The third-order valence-corrected chi connectivity index (χ3v) is 11.8. The van der Waals surface area contributed by atoms with Crippen LogP contribution in [0.25, 0.3) is 22.9 Å². The van der Waals surface area contributed by atoms with Crippen molar-refractivity contribution in [1.29, 1.82) is 0 Å². The van der Waals surface area contributed by atoms with Crippen molar-refractivity contribution >= 4 is 23.1 Å². The van der Waals surface area contributed by atoms with Crippen LogP contribution in [0, 0.1) is 40.3 Å². The summed E-state index contributed by atoms with van der Waals surface area (Å²) in [6.45, 7) is 4.55. The van der Waals surface area contributed by atoms with Gasteiger partial charge in [-0.25, -0.2) is 14.1 Å². The first kappa shape index (κ1) is 28.6. The summed E-state index contributed by atoms with van der Waals surface area (Å²) in [5.41, 5.74) is 4.92. The largest absolute Gasteiger partial charge is 0.439 e. The molecule has 0 saturated heterocycles. The van der Waals surface area contributed by atoms with Crippen LogP contribution < -0.4 is 5.32 Å². The van der Waals surface area contributed by atoms with E-state index in [-0.39, 0.29) is 41.4 Å². The van der Waals surface area contributed by atoms with Gasteiger partial charge >= 0.3 is 0 Å². The molecule has 234 valence electrons. The molecule has 0 bridgehead atoms. The molecule has 4 aliphatic carbocycles. The number of oxazole rings is 1. The van der Waals surface area contributed by atoms with Crippen molar-refractivity contribution in [1.82, 2.24) is 20.1 Å². The molecule has 4 aliphatic rings. The van der Waals surface area contributed by atoms with Crippen molar-refractivity contribution in [3.8, 4) is 5.69 Å². The Kier molecular flexibility index (Phi) is 6.59. The third-order valence-electron chi connectivity index (χ3n) is 11.8. The number of allylic oxidation sites excluding steroid dienone is 1. The van der Waals surface area contributed by atoms with Crippen LogP contribution in [0.15, 0.2) is 64.7 Å². The number of nitrogens with zero attached hydrogens (tertiary/aromatic N) is 3. The number of hydrogen-bond donors (Lipinski definition) is 3. The summed E-state index contributed by atoms with van der Waals surface area (Å²) in [6, 6.07) is 13.9. The minimum absolute atomic E-state index is 0.0385. The summed E-state index contributed by atoms with van der Waals surface area (Å²) in [4.78, 5) is 18.3. The maximum atomic E-state index is 13.8. The lowest BCUT2D eigenvalue weighted by Gasteiger charge is -2.63. The van der Waals surface area contributed by atoms with Crippen LogP contribution in [0.2, 0.25) is 0 Å². The normalized spacial score (nSPS) is 33.8. The average Bonchev–Trinajstić information content (AvgIpc) is 3.61. The summed E-state index contributed by atoms with van der Waals surface area (Å²) in [6.07, 6.45) is 7.23. The number of halogens is 1. The second-order valence-electron chi connectivity index (χ2n) is 14.2. The molecule has 4 aromatic rings. The Morgan fingerprint density at radius 1 is 1.09 bits per heavy atom. The van der Waals surface area contributed by atoms with Crippen LogP contribution in [-0.2, 0) is 17.8 Å². The number of aliphatic hydroxyl groups is 2. The van der Waals surface area contributed by atoms with Gasteiger partial charge in [0.15, 0.2) is 5.58 Å². The van der Waals surface area contributed by atoms with E-state index >= 15 is 0 Å². The van der Waals surface area contributed by atoms with Gasteiger partial charge in [-0.15, -0.1) is 0 Å². The zero-order chi connectivity index (χ0) is 31.1. The van der Waals surface area contributed by atoms with Gasteiger partial charge in [-0.2, -0.15) is 5.10 Å². The highest BCUT2D eigenvalue weighted by atomic mass is 19.1. The van der Waals surface area contributed by atoms with Gasteiger partial charge in [-0.3, -0.25) is 4.79 Å². The van der Waals surface area contributed by atoms with Crippen LogP contribution in [-0.4, -0.2) is 43.1 Å². The van der Waals surface area contributed by atoms with Gasteiger partial charge in [0.2, 0.25) is 11.8 Å². The lowest BCUT2D eigenvalue weighted by atomic mass is 9.42. The highest BCUT2D eigenvalue weighted by molar-refractivity contribution is 5.80. The van der Waals surface area contributed by atoms with Crippen molar-refractivity contribution in [2.24, 2.45) is 34.5 Å². The van der Waals surface area contributed by atoms with Gasteiger partial charge in [0.05, 0.1) is 42.2 Å². The summed E-state index contributed by atoms with van der Waals surface area (Å²) < 4.78 is 21.3. The Balaban J connectivity index is 1.06. The Hall–Kier alpha value is -3.82. The number of para-hydroxylation sites is 2. The van der Waals surface area contributed by atoms with E-state index in [0.29, 0.717) is 24.3 Å². The second-order valence-corrected chi connectivity index (χ2v) is 14.2. The van der Waals surface area contributed by atoms with E-state index < -0.39 is 23.5 Å². The molecule has 3 saturated carbocycles. The van der Waals surface area contributed by atoms with Gasteiger partial charge in [-0.05, 0) is 115 Å². The van der Waals surface area contributed by atoms with Crippen LogP contribution in [0.3, 0.4) is 0 Å². The second kappa shape index (κ2) is 10.4. The predicted molar refractivity (Wildman–Crippen MR) is 166 cm³/mol. The van der Waals surface area contributed by atoms with Gasteiger partial charge in [-0.1, -0.05) is 31.6 Å². The molecule has 8 unspecified atom stereocenters. The van der Waals surface area contributed by atoms with E-state index in [1.807, 2.05) is 35.1 Å². The number of carbonyl (C=O) groups excluding carboxylic acids is 1. The number of aliphatic hydroxyl groups excluding tert-OH is 2. The van der Waals surface area contributed by atoms with Crippen molar-refractivity contribution < 1.29 is 23.8 Å². The minimum Gasteiger partial charge on any atom is -0.439 e. The summed E-state index contributed by atoms with van der Waals surface area (Å²) in [7, 11) is 0. The van der Waals surface area contributed by atoms with E-state index in [1.165, 1.54) is 17.7 Å². The molecule has 3 N–H and O–H groups in total. The first-order valence-corrected chi connectivity index (χ1v) is 16.2. The summed E-state index contributed by atoms with van der Waals surface area (Å²) in [5, 5.41) is 31.0. The molecule has 3 fully saturated rings. The van der Waals surface area contributed by atoms with Gasteiger partial charge in [0, 0.05) is 0 Å². The Labute approximate surface area is 261 Å². The number of fused-ring (bicyclic) bond motifs is 7. The monoisotopic (exact) mass is 610 g/mol. The molecular formula is C36H39FN4O4. The molecule has 9 heteroatoms. The zero-order valence-electron chi connectivity index (χ0n) is 25.6. The Morgan fingerprint density at radius 2 is 1.89 bits per heavy atom. The fourth-order valence-corrected chi connectivity index (χ4v) is 9.95. The summed E-state index contributed by atoms with van der Waals surface area (Å²) in [5.74, 6) is -0.213. The molecule has 2 aromatic heterocycles.